The minimum absolute atomic E-state index is 0.668. The van der Waals surface area contributed by atoms with Gasteiger partial charge < -0.3 is 0 Å². The Hall–Kier alpha value is 0.770. The molecule has 0 heterocycles. The van der Waals surface area contributed by atoms with Crippen LogP contribution in [0.25, 0.3) is 0 Å². The number of rotatable bonds is 3. The van der Waals surface area contributed by atoms with Crippen LogP contribution >= 0.6 is 27.5 Å². The molecule has 0 saturated carbocycles. The van der Waals surface area contributed by atoms with E-state index < -0.39 is 0 Å². The Morgan fingerprint density at radius 1 is 1.71 bits per heavy atom. The molecule has 0 aliphatic heterocycles. The number of hydrogen-bond donors (Lipinski definition) is 0. The van der Waals surface area contributed by atoms with E-state index in [-0.39, 0.29) is 0 Å². The molecule has 0 aliphatic carbocycles. The summed E-state index contributed by atoms with van der Waals surface area (Å²) in [4.78, 5) is 0. The minimum Gasteiger partial charge on any atom is -0.126 e. The summed E-state index contributed by atoms with van der Waals surface area (Å²) in [6, 6.07) is 0. The highest BCUT2D eigenvalue weighted by atomic mass is 79.9. The van der Waals surface area contributed by atoms with E-state index in [1.807, 2.05) is 0 Å². The van der Waals surface area contributed by atoms with Gasteiger partial charge in [-0.25, -0.2) is 0 Å². The van der Waals surface area contributed by atoms with Crippen molar-refractivity contribution in [2.75, 3.05) is 11.2 Å². The number of alkyl halides is 2. The first kappa shape index (κ1) is 7.77. The van der Waals surface area contributed by atoms with E-state index in [4.69, 9.17) is 11.6 Å². The zero-order valence-electron chi connectivity index (χ0n) is 4.45. The van der Waals surface area contributed by atoms with E-state index in [1.54, 1.807) is 0 Å². The van der Waals surface area contributed by atoms with Gasteiger partial charge in [-0.15, -0.1) is 11.6 Å². The summed E-state index contributed by atoms with van der Waals surface area (Å²) in [7, 11) is 0. The molecule has 0 radical (unpaired) electrons. The van der Waals surface area contributed by atoms with Crippen LogP contribution in [-0.4, -0.2) is 11.2 Å². The second-order valence-electron chi connectivity index (χ2n) is 1.58. The van der Waals surface area contributed by atoms with E-state index in [0.717, 1.165) is 11.2 Å². The van der Waals surface area contributed by atoms with Crippen LogP contribution < -0.4 is 0 Å². The lowest BCUT2D eigenvalue weighted by Gasteiger charge is -2.02. The Balaban J connectivity index is 2.99. The predicted octanol–water partition coefficient (Wildman–Crippen LogP) is 2.65. The van der Waals surface area contributed by atoms with Gasteiger partial charge >= 0.3 is 0 Å². The van der Waals surface area contributed by atoms with Crippen molar-refractivity contribution >= 4 is 27.5 Å². The molecule has 0 spiro atoms. The average Bonchev–Trinajstić information content (AvgIpc) is 1.72. The molecule has 2 heteroatoms. The van der Waals surface area contributed by atoms with E-state index >= 15 is 0 Å². The van der Waals surface area contributed by atoms with Crippen LogP contribution in [0.15, 0.2) is 0 Å². The molecule has 0 bridgehead atoms. The highest BCUT2D eigenvalue weighted by Gasteiger charge is 1.98. The molecule has 1 unspecified atom stereocenters. The van der Waals surface area contributed by atoms with Crippen LogP contribution in [0.1, 0.15) is 13.3 Å². The smallest absolute Gasteiger partial charge is 0.0259 e. The van der Waals surface area contributed by atoms with E-state index in [2.05, 4.69) is 22.9 Å². The molecule has 0 aliphatic rings. The fourth-order valence-electron chi connectivity index (χ4n) is 0.259. The standard InChI is InChI=1S/C5H10BrCl/c1-2-5(3-6)4-7/h5H,2-4H2,1H3. The Morgan fingerprint density at radius 2 is 2.29 bits per heavy atom. The third-order valence-electron chi connectivity index (χ3n) is 1.01. The van der Waals surface area contributed by atoms with Crippen molar-refractivity contribution in [2.45, 2.75) is 13.3 Å². The zero-order valence-corrected chi connectivity index (χ0v) is 6.80. The third-order valence-corrected chi connectivity index (χ3v) is 2.37. The molecule has 7 heavy (non-hydrogen) atoms. The highest BCUT2D eigenvalue weighted by molar-refractivity contribution is 9.09. The second-order valence-corrected chi connectivity index (χ2v) is 2.54. The second kappa shape index (κ2) is 4.92. The van der Waals surface area contributed by atoms with Crippen LogP contribution in [0.3, 0.4) is 0 Å². The maximum absolute atomic E-state index is 5.54. The summed E-state index contributed by atoms with van der Waals surface area (Å²) in [5.41, 5.74) is 0. The SMILES string of the molecule is CCC(CCl)CBr. The number of hydrogen-bond acceptors (Lipinski definition) is 0. The molecular weight excluding hydrogens is 175 g/mol. The largest absolute Gasteiger partial charge is 0.126 e. The van der Waals surface area contributed by atoms with Gasteiger partial charge in [0.25, 0.3) is 0 Å². The van der Waals surface area contributed by atoms with Gasteiger partial charge in [0.05, 0.1) is 0 Å². The van der Waals surface area contributed by atoms with Gasteiger partial charge in [0.1, 0.15) is 0 Å². The summed E-state index contributed by atoms with van der Waals surface area (Å²) < 4.78 is 0. The normalized spacial score (nSPS) is 14.1. The summed E-state index contributed by atoms with van der Waals surface area (Å²) in [5, 5.41) is 1.03. The van der Waals surface area contributed by atoms with Gasteiger partial charge in [0.15, 0.2) is 0 Å². The van der Waals surface area contributed by atoms with Crippen molar-refractivity contribution in [3.63, 3.8) is 0 Å². The monoisotopic (exact) mass is 184 g/mol. The van der Waals surface area contributed by atoms with Crippen molar-refractivity contribution in [2.24, 2.45) is 5.92 Å². The minimum atomic E-state index is 0.668. The van der Waals surface area contributed by atoms with E-state index in [9.17, 15) is 0 Å². The molecule has 0 saturated heterocycles. The fraction of sp³-hybridized carbons (Fsp3) is 1.00. The van der Waals surface area contributed by atoms with Crippen molar-refractivity contribution in [1.82, 2.24) is 0 Å². The van der Waals surface area contributed by atoms with Gasteiger partial charge in [-0.2, -0.15) is 0 Å². The predicted molar refractivity (Wildman–Crippen MR) is 38.3 cm³/mol. The Morgan fingerprint density at radius 3 is 2.29 bits per heavy atom. The lowest BCUT2D eigenvalue weighted by atomic mass is 10.2. The topological polar surface area (TPSA) is 0 Å². The molecule has 44 valence electrons. The molecule has 0 aromatic carbocycles. The maximum Gasteiger partial charge on any atom is 0.0259 e. The first-order chi connectivity index (χ1) is 3.35. The molecule has 0 aromatic heterocycles. The van der Waals surface area contributed by atoms with Crippen LogP contribution in [0.4, 0.5) is 0 Å². The molecule has 1 atom stereocenters. The van der Waals surface area contributed by atoms with Gasteiger partial charge in [-0.1, -0.05) is 29.3 Å². The van der Waals surface area contributed by atoms with Crippen molar-refractivity contribution in [3.05, 3.63) is 0 Å². The average molecular weight is 185 g/mol. The van der Waals surface area contributed by atoms with Gasteiger partial charge in [-0.3, -0.25) is 0 Å². The molecule has 0 nitrogen and oxygen atoms in total. The van der Waals surface area contributed by atoms with Gasteiger partial charge in [0.2, 0.25) is 0 Å². The molecule has 0 amide bonds. The van der Waals surface area contributed by atoms with Crippen LogP contribution in [0, 0.1) is 5.92 Å². The molecule has 0 aromatic rings. The molecule has 0 fully saturated rings. The van der Waals surface area contributed by atoms with Crippen molar-refractivity contribution in [1.29, 1.82) is 0 Å². The van der Waals surface area contributed by atoms with Crippen LogP contribution in [0.5, 0.6) is 0 Å². The van der Waals surface area contributed by atoms with Crippen molar-refractivity contribution < 1.29 is 0 Å². The summed E-state index contributed by atoms with van der Waals surface area (Å²) in [6.07, 6.45) is 1.18. The highest BCUT2D eigenvalue weighted by Crippen LogP contribution is 2.06. The first-order valence-corrected chi connectivity index (χ1v) is 4.12. The summed E-state index contributed by atoms with van der Waals surface area (Å²) >= 11 is 8.89. The fourth-order valence-corrected chi connectivity index (χ4v) is 1.54. The maximum atomic E-state index is 5.54. The van der Waals surface area contributed by atoms with E-state index in [0.29, 0.717) is 5.92 Å². The Kier molecular flexibility index (Phi) is 5.46. The summed E-state index contributed by atoms with van der Waals surface area (Å²) in [5.74, 6) is 1.45. The van der Waals surface area contributed by atoms with Crippen LogP contribution in [-0.2, 0) is 0 Å². The van der Waals surface area contributed by atoms with Crippen molar-refractivity contribution in [3.8, 4) is 0 Å². The molecule has 0 N–H and O–H groups in total. The Labute approximate surface area is 58.4 Å². The van der Waals surface area contributed by atoms with Crippen LogP contribution in [0.2, 0.25) is 0 Å². The lowest BCUT2D eigenvalue weighted by molar-refractivity contribution is 0.648. The molecular formula is C5H10BrCl. The van der Waals surface area contributed by atoms with Gasteiger partial charge in [-0.05, 0) is 5.92 Å². The third kappa shape index (κ3) is 3.36. The van der Waals surface area contributed by atoms with Gasteiger partial charge in [0, 0.05) is 11.2 Å². The summed E-state index contributed by atoms with van der Waals surface area (Å²) in [6.45, 7) is 2.15. The molecule has 0 rings (SSSR count). The quantitative estimate of drug-likeness (QED) is 0.593. The first-order valence-electron chi connectivity index (χ1n) is 2.47. The Bertz CT molecular complexity index is 29.6. The zero-order chi connectivity index (χ0) is 5.70. The lowest BCUT2D eigenvalue weighted by Crippen LogP contribution is -2.00. The number of halogens is 2. The van der Waals surface area contributed by atoms with E-state index in [1.165, 1.54) is 6.42 Å².